The normalized spacial score (nSPS) is 27.3. The summed E-state index contributed by atoms with van der Waals surface area (Å²) in [4.78, 5) is 30.9. The molecular weight excluding hydrogens is 635 g/mol. The van der Waals surface area contributed by atoms with Crippen LogP contribution in [0, 0.1) is 5.92 Å². The molecule has 1 saturated heterocycles. The maximum absolute atomic E-state index is 14.3. The van der Waals surface area contributed by atoms with E-state index in [2.05, 4.69) is 43.0 Å². The van der Waals surface area contributed by atoms with Crippen LogP contribution in [0.5, 0.6) is 11.5 Å². The Hall–Kier alpha value is -3.10. The molecule has 0 radical (unpaired) electrons. The van der Waals surface area contributed by atoms with Gasteiger partial charge in [-0.3, -0.25) is 14.5 Å². The summed E-state index contributed by atoms with van der Waals surface area (Å²) in [5.41, 5.74) is 2.33. The molecule has 1 saturated carbocycles. The van der Waals surface area contributed by atoms with Crippen LogP contribution in [-0.4, -0.2) is 70.2 Å². The molecule has 7 rings (SSSR count). The lowest BCUT2D eigenvalue weighted by atomic mass is 9.48. The highest BCUT2D eigenvalue weighted by molar-refractivity contribution is 6.42. The third-order valence-corrected chi connectivity index (χ3v) is 11.7. The van der Waals surface area contributed by atoms with E-state index in [-0.39, 0.29) is 30.3 Å². The van der Waals surface area contributed by atoms with Crippen LogP contribution in [0.3, 0.4) is 0 Å². The number of piperidine rings is 1. The van der Waals surface area contributed by atoms with Crippen molar-refractivity contribution in [1.29, 1.82) is 0 Å². The number of esters is 1. The second kappa shape index (κ2) is 12.4. The number of rotatable bonds is 9. The fraction of sp³-hybridized carbons (Fsp3) is 0.474. The van der Waals surface area contributed by atoms with Gasteiger partial charge in [0.15, 0.2) is 11.5 Å². The SMILES string of the molecule is CC(=O)Oc1ccc2c3c1O[C@H]1[C@H](N(CC(C)C)C(=O)Cc4ccc(Cl)c(Cl)c4)CC[C@@]4(O)[C@@H](C2)N(CCc2ccccc2)CC[C@]314. The van der Waals surface area contributed by atoms with Crippen molar-refractivity contribution >= 4 is 35.1 Å². The average molecular weight is 678 g/mol. The topological polar surface area (TPSA) is 79.3 Å². The van der Waals surface area contributed by atoms with Crippen LogP contribution in [0.2, 0.25) is 10.0 Å². The van der Waals surface area contributed by atoms with Gasteiger partial charge in [-0.25, -0.2) is 0 Å². The van der Waals surface area contributed by atoms with Crippen LogP contribution in [0.15, 0.2) is 60.7 Å². The zero-order valence-electron chi connectivity index (χ0n) is 27.2. The van der Waals surface area contributed by atoms with Crippen LogP contribution >= 0.6 is 23.2 Å². The summed E-state index contributed by atoms with van der Waals surface area (Å²) < 4.78 is 12.7. The van der Waals surface area contributed by atoms with Gasteiger partial charge in [0.25, 0.3) is 0 Å². The second-order valence-corrected chi connectivity index (χ2v) is 15.0. The molecule has 47 heavy (non-hydrogen) atoms. The Bertz CT molecular complexity index is 1700. The van der Waals surface area contributed by atoms with Gasteiger partial charge < -0.3 is 19.5 Å². The highest BCUT2D eigenvalue weighted by Crippen LogP contribution is 2.66. The number of halogens is 2. The van der Waals surface area contributed by atoms with Crippen molar-refractivity contribution in [3.8, 4) is 11.5 Å². The summed E-state index contributed by atoms with van der Waals surface area (Å²) in [6, 6.07) is 19.3. The molecule has 0 unspecified atom stereocenters. The molecule has 2 aliphatic carbocycles. The van der Waals surface area contributed by atoms with E-state index in [1.54, 1.807) is 12.1 Å². The van der Waals surface area contributed by atoms with Crippen molar-refractivity contribution in [3.63, 3.8) is 0 Å². The van der Waals surface area contributed by atoms with E-state index in [1.807, 2.05) is 29.2 Å². The van der Waals surface area contributed by atoms with Gasteiger partial charge >= 0.3 is 5.97 Å². The van der Waals surface area contributed by atoms with Crippen molar-refractivity contribution in [1.82, 2.24) is 9.80 Å². The van der Waals surface area contributed by atoms with E-state index in [0.29, 0.717) is 53.8 Å². The Balaban J connectivity index is 1.28. The van der Waals surface area contributed by atoms with Crippen LogP contribution in [0.4, 0.5) is 0 Å². The number of likely N-dealkylation sites (tertiary alicyclic amines) is 1. The number of hydrogen-bond acceptors (Lipinski definition) is 6. The van der Waals surface area contributed by atoms with Crippen LogP contribution in [-0.2, 0) is 34.3 Å². The Kier molecular flexibility index (Phi) is 8.57. The van der Waals surface area contributed by atoms with Crippen LogP contribution in [0.25, 0.3) is 0 Å². The molecule has 2 heterocycles. The second-order valence-electron chi connectivity index (χ2n) is 14.2. The lowest BCUT2D eigenvalue weighted by Crippen LogP contribution is -2.78. The third-order valence-electron chi connectivity index (χ3n) is 10.9. The van der Waals surface area contributed by atoms with Crippen molar-refractivity contribution in [3.05, 3.63) is 93.0 Å². The molecule has 0 aromatic heterocycles. The number of ether oxygens (including phenoxy) is 2. The minimum absolute atomic E-state index is 0.0171. The standard InChI is InChI=1S/C38H42Cl2N2O5/c1-23(2)22-42(33(44)20-26-9-11-28(39)29(40)19-26)30-13-15-38(45)32-21-27-10-12-31(46-24(3)43)35-34(27)37(38,36(30)47-35)16-18-41(32)17-14-25-7-5-4-6-8-25/h4-12,19,23,30,32,36,45H,13-18,20-22H2,1-3H3/t30-,32-,36+,37+,38-/m1/s1. The zero-order chi connectivity index (χ0) is 33.1. The Morgan fingerprint density at radius 1 is 1.06 bits per heavy atom. The third kappa shape index (κ3) is 5.44. The monoisotopic (exact) mass is 676 g/mol. The molecule has 4 aliphatic rings. The minimum atomic E-state index is -1.08. The van der Waals surface area contributed by atoms with Gasteiger partial charge in [-0.15, -0.1) is 0 Å². The van der Waals surface area contributed by atoms with E-state index in [4.69, 9.17) is 32.7 Å². The lowest BCUT2D eigenvalue weighted by molar-refractivity contribution is -0.201. The maximum atomic E-state index is 14.3. The first-order chi connectivity index (χ1) is 22.5. The molecule has 2 fully saturated rings. The first-order valence-electron chi connectivity index (χ1n) is 16.8. The molecule has 248 valence electrons. The summed E-state index contributed by atoms with van der Waals surface area (Å²) in [5, 5.41) is 14.0. The van der Waals surface area contributed by atoms with Crippen LogP contribution < -0.4 is 9.47 Å². The lowest BCUT2D eigenvalue weighted by Gasteiger charge is -2.65. The Morgan fingerprint density at radius 3 is 2.57 bits per heavy atom. The van der Waals surface area contributed by atoms with Crippen molar-refractivity contribution in [2.24, 2.45) is 5.92 Å². The summed E-state index contributed by atoms with van der Waals surface area (Å²) in [7, 11) is 0. The molecule has 1 spiro atoms. The predicted molar refractivity (Wildman–Crippen MR) is 182 cm³/mol. The largest absolute Gasteiger partial charge is 0.483 e. The number of aliphatic hydroxyl groups is 1. The first-order valence-corrected chi connectivity index (χ1v) is 17.5. The van der Waals surface area contributed by atoms with Gasteiger partial charge in [0, 0.05) is 31.6 Å². The Labute approximate surface area is 286 Å². The van der Waals surface area contributed by atoms with Gasteiger partial charge in [0.1, 0.15) is 6.10 Å². The van der Waals surface area contributed by atoms with E-state index < -0.39 is 23.1 Å². The van der Waals surface area contributed by atoms with Gasteiger partial charge in [-0.1, -0.05) is 79.5 Å². The number of amides is 1. The number of carbonyl (C=O) groups is 2. The molecule has 5 atom stereocenters. The molecule has 2 bridgehead atoms. The summed E-state index contributed by atoms with van der Waals surface area (Å²) in [6.45, 7) is 7.80. The number of hydrogen-bond donors (Lipinski definition) is 1. The first kappa shape index (κ1) is 32.4. The smallest absolute Gasteiger partial charge is 0.308 e. The predicted octanol–water partition coefficient (Wildman–Crippen LogP) is 6.41. The van der Waals surface area contributed by atoms with E-state index in [0.717, 1.165) is 36.2 Å². The van der Waals surface area contributed by atoms with Gasteiger partial charge in [-0.2, -0.15) is 0 Å². The van der Waals surface area contributed by atoms with Gasteiger partial charge in [0.05, 0.1) is 33.5 Å². The molecule has 1 amide bonds. The number of nitrogens with zero attached hydrogens (tertiary/aromatic N) is 2. The highest BCUT2D eigenvalue weighted by Gasteiger charge is 2.73. The fourth-order valence-corrected chi connectivity index (χ4v) is 9.40. The van der Waals surface area contributed by atoms with E-state index >= 15 is 0 Å². The van der Waals surface area contributed by atoms with Crippen molar-refractivity contribution < 1.29 is 24.2 Å². The molecular formula is C38H42Cl2N2O5. The van der Waals surface area contributed by atoms with E-state index in [9.17, 15) is 14.7 Å². The molecule has 3 aromatic carbocycles. The fourth-order valence-electron chi connectivity index (χ4n) is 9.08. The molecule has 2 aliphatic heterocycles. The quantitative estimate of drug-likeness (QED) is 0.208. The van der Waals surface area contributed by atoms with Gasteiger partial charge in [0.2, 0.25) is 5.91 Å². The molecule has 1 N–H and O–H groups in total. The Morgan fingerprint density at radius 2 is 1.85 bits per heavy atom. The van der Waals surface area contributed by atoms with E-state index in [1.165, 1.54) is 12.5 Å². The molecule has 9 heteroatoms. The highest BCUT2D eigenvalue weighted by atomic mass is 35.5. The average Bonchev–Trinajstić information content (AvgIpc) is 3.38. The number of benzene rings is 3. The molecule has 7 nitrogen and oxygen atoms in total. The van der Waals surface area contributed by atoms with Crippen molar-refractivity contribution in [2.75, 3.05) is 19.6 Å². The minimum Gasteiger partial charge on any atom is -0.483 e. The number of carbonyl (C=O) groups excluding carboxylic acids is 2. The summed E-state index contributed by atoms with van der Waals surface area (Å²) >= 11 is 12.5. The van der Waals surface area contributed by atoms with Gasteiger partial charge in [-0.05, 0) is 79.5 Å². The zero-order valence-corrected chi connectivity index (χ0v) is 28.7. The maximum Gasteiger partial charge on any atom is 0.308 e. The summed E-state index contributed by atoms with van der Waals surface area (Å²) in [6.07, 6.45) is 3.07. The van der Waals surface area contributed by atoms with Crippen molar-refractivity contribution in [2.45, 2.75) is 88.5 Å². The molecule has 3 aromatic rings. The van der Waals surface area contributed by atoms with Crippen LogP contribution in [0.1, 0.15) is 62.3 Å². The summed E-state index contributed by atoms with van der Waals surface area (Å²) in [5.74, 6) is 0.693.